The predicted molar refractivity (Wildman–Crippen MR) is 80.2 cm³/mol. The molecule has 0 fully saturated rings. The number of esters is 1. The van der Waals surface area contributed by atoms with Crippen molar-refractivity contribution in [3.8, 4) is 0 Å². The number of hydrogen-bond donors (Lipinski definition) is 0. The van der Waals surface area contributed by atoms with E-state index in [2.05, 4.69) is 9.59 Å². The van der Waals surface area contributed by atoms with Crippen LogP contribution in [0.3, 0.4) is 0 Å². The topological polar surface area (TPSA) is 129 Å². The highest BCUT2D eigenvalue weighted by molar-refractivity contribution is 7.90. The zero-order chi connectivity index (χ0) is 17.2. The van der Waals surface area contributed by atoms with Crippen LogP contribution in [0.15, 0.2) is 23.1 Å². The standard InChI is InChI=1S/C11H8ClN3O6S2/c1-23(19,20)9-3-2-6(4-8(9)15(17)18)11(16)21-5-7-10(12)22-14-13-7/h2-4H,5H2,1H3. The molecule has 0 aliphatic rings. The average Bonchev–Trinajstić information content (AvgIpc) is 2.88. The van der Waals surface area contributed by atoms with Crippen molar-refractivity contribution in [3.63, 3.8) is 0 Å². The van der Waals surface area contributed by atoms with Gasteiger partial charge in [-0.1, -0.05) is 16.1 Å². The number of nitro benzene ring substituents is 1. The second-order valence-electron chi connectivity index (χ2n) is 4.28. The van der Waals surface area contributed by atoms with Crippen molar-refractivity contribution in [2.45, 2.75) is 11.5 Å². The minimum Gasteiger partial charge on any atom is -0.455 e. The third kappa shape index (κ3) is 4.00. The van der Waals surface area contributed by atoms with Crippen molar-refractivity contribution in [1.29, 1.82) is 0 Å². The largest absolute Gasteiger partial charge is 0.455 e. The lowest BCUT2D eigenvalue weighted by Gasteiger charge is -2.05. The van der Waals surface area contributed by atoms with E-state index >= 15 is 0 Å². The third-order valence-electron chi connectivity index (χ3n) is 2.64. The smallest absolute Gasteiger partial charge is 0.338 e. The molecule has 0 spiro atoms. The first-order chi connectivity index (χ1) is 10.7. The maximum absolute atomic E-state index is 11.9. The Morgan fingerprint density at radius 2 is 2.17 bits per heavy atom. The van der Waals surface area contributed by atoms with Gasteiger partial charge in [0.1, 0.15) is 21.5 Å². The third-order valence-corrected chi connectivity index (χ3v) is 4.77. The maximum Gasteiger partial charge on any atom is 0.338 e. The number of halogens is 1. The van der Waals surface area contributed by atoms with Crippen molar-refractivity contribution in [1.82, 2.24) is 9.59 Å². The SMILES string of the molecule is CS(=O)(=O)c1ccc(C(=O)OCc2nnsc2Cl)cc1[N+](=O)[O-]. The highest BCUT2D eigenvalue weighted by atomic mass is 35.5. The van der Waals surface area contributed by atoms with Crippen LogP contribution in [-0.2, 0) is 21.2 Å². The van der Waals surface area contributed by atoms with E-state index in [1.165, 1.54) is 0 Å². The molecule has 1 aromatic heterocycles. The van der Waals surface area contributed by atoms with Crippen LogP contribution in [0.1, 0.15) is 16.1 Å². The molecule has 2 aromatic rings. The summed E-state index contributed by atoms with van der Waals surface area (Å²) in [7, 11) is -3.80. The lowest BCUT2D eigenvalue weighted by molar-refractivity contribution is -0.387. The number of aromatic nitrogens is 2. The summed E-state index contributed by atoms with van der Waals surface area (Å²) in [5.74, 6) is -0.878. The molecule has 122 valence electrons. The summed E-state index contributed by atoms with van der Waals surface area (Å²) in [4.78, 5) is 21.5. The summed E-state index contributed by atoms with van der Waals surface area (Å²) in [6.07, 6.45) is 0.838. The Morgan fingerprint density at radius 1 is 1.48 bits per heavy atom. The summed E-state index contributed by atoms with van der Waals surface area (Å²) in [5, 5.41) is 14.6. The Balaban J connectivity index is 2.26. The summed E-state index contributed by atoms with van der Waals surface area (Å²) >= 11 is 6.67. The fraction of sp³-hybridized carbons (Fsp3) is 0.182. The first-order valence-corrected chi connectivity index (χ1v) is 8.87. The van der Waals surface area contributed by atoms with Crippen molar-refractivity contribution in [2.24, 2.45) is 0 Å². The van der Waals surface area contributed by atoms with Gasteiger partial charge in [0, 0.05) is 23.9 Å². The molecule has 0 atom stereocenters. The van der Waals surface area contributed by atoms with E-state index in [1.54, 1.807) is 0 Å². The highest BCUT2D eigenvalue weighted by Crippen LogP contribution is 2.25. The lowest BCUT2D eigenvalue weighted by Crippen LogP contribution is -2.09. The summed E-state index contributed by atoms with van der Waals surface area (Å²) < 4.78 is 31.8. The van der Waals surface area contributed by atoms with Gasteiger partial charge in [0.25, 0.3) is 5.69 Å². The van der Waals surface area contributed by atoms with Crippen molar-refractivity contribution < 1.29 is 22.9 Å². The van der Waals surface area contributed by atoms with Gasteiger partial charge < -0.3 is 4.74 Å². The molecule has 0 saturated carbocycles. The average molecular weight is 378 g/mol. The Labute approximate surface area is 139 Å². The van der Waals surface area contributed by atoms with Gasteiger partial charge in [0.2, 0.25) is 0 Å². The predicted octanol–water partition coefficient (Wildman–Crippen LogP) is 1.86. The number of ether oxygens (including phenoxy) is 1. The van der Waals surface area contributed by atoms with Crippen LogP contribution in [0.5, 0.6) is 0 Å². The molecular weight excluding hydrogens is 370 g/mol. The number of hydrogen-bond acceptors (Lipinski definition) is 9. The van der Waals surface area contributed by atoms with Gasteiger partial charge in [0.15, 0.2) is 9.84 Å². The van der Waals surface area contributed by atoms with E-state index in [0.29, 0.717) is 0 Å². The van der Waals surface area contributed by atoms with Crippen LogP contribution in [0.25, 0.3) is 0 Å². The number of nitro groups is 1. The molecule has 0 saturated heterocycles. The molecule has 0 radical (unpaired) electrons. The van der Waals surface area contributed by atoms with E-state index in [1.807, 2.05) is 0 Å². The molecule has 0 amide bonds. The van der Waals surface area contributed by atoms with E-state index in [-0.39, 0.29) is 22.2 Å². The van der Waals surface area contributed by atoms with Gasteiger partial charge in [0.05, 0.1) is 10.5 Å². The zero-order valence-corrected chi connectivity index (χ0v) is 13.8. The van der Waals surface area contributed by atoms with Gasteiger partial charge >= 0.3 is 5.97 Å². The molecule has 0 aliphatic carbocycles. The van der Waals surface area contributed by atoms with Crippen LogP contribution in [0.4, 0.5) is 5.69 Å². The molecule has 0 bridgehead atoms. The van der Waals surface area contributed by atoms with E-state index in [9.17, 15) is 23.3 Å². The van der Waals surface area contributed by atoms with Crippen LogP contribution in [0, 0.1) is 10.1 Å². The minimum atomic E-state index is -3.80. The maximum atomic E-state index is 11.9. The van der Waals surface area contributed by atoms with Gasteiger partial charge in [-0.2, -0.15) is 0 Å². The molecular formula is C11H8ClN3O6S2. The Hall–Kier alpha value is -2.11. The number of sulfone groups is 1. The fourth-order valence-electron chi connectivity index (χ4n) is 1.60. The second kappa shape index (κ2) is 6.56. The van der Waals surface area contributed by atoms with Crippen LogP contribution < -0.4 is 0 Å². The quantitative estimate of drug-likeness (QED) is 0.438. The first-order valence-electron chi connectivity index (χ1n) is 5.82. The molecule has 12 heteroatoms. The zero-order valence-electron chi connectivity index (χ0n) is 11.4. The first kappa shape index (κ1) is 17.2. The number of carbonyl (C=O) groups excluding carboxylic acids is 1. The van der Waals surface area contributed by atoms with E-state index < -0.39 is 31.3 Å². The molecule has 0 N–H and O–H groups in total. The highest BCUT2D eigenvalue weighted by Gasteiger charge is 2.24. The van der Waals surface area contributed by atoms with Crippen molar-refractivity contribution in [3.05, 3.63) is 43.9 Å². The van der Waals surface area contributed by atoms with Crippen LogP contribution in [0.2, 0.25) is 4.34 Å². The van der Waals surface area contributed by atoms with Crippen molar-refractivity contribution >= 4 is 44.6 Å². The number of carbonyl (C=O) groups is 1. The van der Waals surface area contributed by atoms with Crippen molar-refractivity contribution in [2.75, 3.05) is 6.26 Å². The lowest BCUT2D eigenvalue weighted by atomic mass is 10.2. The number of nitrogens with zero attached hydrogens (tertiary/aromatic N) is 3. The number of benzene rings is 1. The molecule has 23 heavy (non-hydrogen) atoms. The van der Waals surface area contributed by atoms with Gasteiger partial charge in [-0.05, 0) is 12.1 Å². The normalized spacial score (nSPS) is 11.2. The molecule has 0 unspecified atom stereocenters. The fourth-order valence-corrected chi connectivity index (χ4v) is 3.03. The molecule has 2 rings (SSSR count). The van der Waals surface area contributed by atoms with E-state index in [0.717, 1.165) is 36.0 Å². The van der Waals surface area contributed by atoms with Gasteiger partial charge in [-0.25, -0.2) is 13.2 Å². The molecule has 0 aliphatic heterocycles. The van der Waals surface area contributed by atoms with Crippen LogP contribution >= 0.6 is 23.1 Å². The summed E-state index contributed by atoms with van der Waals surface area (Å²) in [5.41, 5.74) is -0.606. The molecule has 1 heterocycles. The Morgan fingerprint density at radius 3 is 2.70 bits per heavy atom. The second-order valence-corrected chi connectivity index (χ2v) is 7.62. The minimum absolute atomic E-state index is 0.164. The molecule has 1 aromatic carbocycles. The Bertz CT molecular complexity index is 880. The Kier molecular flexibility index (Phi) is 4.92. The number of rotatable bonds is 5. The summed E-state index contributed by atoms with van der Waals surface area (Å²) in [6.45, 7) is -0.254. The summed E-state index contributed by atoms with van der Waals surface area (Å²) in [6, 6.07) is 2.97. The van der Waals surface area contributed by atoms with Gasteiger partial charge in [-0.15, -0.1) is 5.10 Å². The van der Waals surface area contributed by atoms with Gasteiger partial charge in [-0.3, -0.25) is 10.1 Å². The van der Waals surface area contributed by atoms with Crippen LogP contribution in [-0.4, -0.2) is 35.2 Å². The van der Waals surface area contributed by atoms with E-state index in [4.69, 9.17) is 16.3 Å². The monoisotopic (exact) mass is 377 g/mol. The molecule has 9 nitrogen and oxygen atoms in total.